The molecular formula is C11H13N5. The first-order valence-electron chi connectivity index (χ1n) is 4.95. The van der Waals surface area contributed by atoms with E-state index < -0.39 is 0 Å². The standard InChI is InChI=1S/C11H13N5/c1-7-3-4-9(8(2)14-7)15-10-5-6-13-11(12)16-10/h3-6H,1-2H3,(H3,12,13,15,16). The molecule has 0 aromatic carbocycles. The zero-order valence-corrected chi connectivity index (χ0v) is 9.23. The summed E-state index contributed by atoms with van der Waals surface area (Å²) in [4.78, 5) is 12.2. The average Bonchev–Trinajstić information content (AvgIpc) is 2.22. The number of hydrogen-bond donors (Lipinski definition) is 2. The summed E-state index contributed by atoms with van der Waals surface area (Å²) in [6.45, 7) is 3.90. The van der Waals surface area contributed by atoms with E-state index in [1.54, 1.807) is 12.3 Å². The van der Waals surface area contributed by atoms with Gasteiger partial charge in [0, 0.05) is 11.9 Å². The normalized spacial score (nSPS) is 10.1. The SMILES string of the molecule is Cc1ccc(Nc2ccnc(N)n2)c(C)n1. The van der Waals surface area contributed by atoms with Crippen LogP contribution in [0.2, 0.25) is 0 Å². The lowest BCUT2D eigenvalue weighted by Crippen LogP contribution is -2.01. The number of rotatable bonds is 2. The summed E-state index contributed by atoms with van der Waals surface area (Å²) in [5, 5.41) is 3.15. The van der Waals surface area contributed by atoms with E-state index in [4.69, 9.17) is 5.73 Å². The maximum Gasteiger partial charge on any atom is 0.221 e. The van der Waals surface area contributed by atoms with E-state index in [0.29, 0.717) is 5.82 Å². The first-order chi connectivity index (χ1) is 7.65. The van der Waals surface area contributed by atoms with Gasteiger partial charge in [-0.3, -0.25) is 4.98 Å². The van der Waals surface area contributed by atoms with Gasteiger partial charge < -0.3 is 11.1 Å². The van der Waals surface area contributed by atoms with Gasteiger partial charge in [-0.05, 0) is 32.0 Å². The molecular weight excluding hydrogens is 202 g/mol. The molecule has 82 valence electrons. The molecule has 0 aliphatic heterocycles. The Labute approximate surface area is 93.8 Å². The van der Waals surface area contributed by atoms with E-state index in [9.17, 15) is 0 Å². The molecule has 0 unspecified atom stereocenters. The lowest BCUT2D eigenvalue weighted by Gasteiger charge is -2.08. The van der Waals surface area contributed by atoms with Crippen LogP contribution in [-0.2, 0) is 0 Å². The van der Waals surface area contributed by atoms with Gasteiger partial charge in [-0.25, -0.2) is 4.98 Å². The fourth-order valence-corrected chi connectivity index (χ4v) is 1.40. The summed E-state index contributed by atoms with van der Waals surface area (Å²) in [6, 6.07) is 5.67. The van der Waals surface area contributed by atoms with Crippen LogP contribution >= 0.6 is 0 Å². The molecule has 0 bridgehead atoms. The number of nitrogens with zero attached hydrogens (tertiary/aromatic N) is 3. The van der Waals surface area contributed by atoms with E-state index in [2.05, 4.69) is 20.3 Å². The molecule has 0 radical (unpaired) electrons. The van der Waals surface area contributed by atoms with E-state index in [-0.39, 0.29) is 5.95 Å². The second-order valence-electron chi connectivity index (χ2n) is 3.51. The third-order valence-electron chi connectivity index (χ3n) is 2.16. The zero-order valence-electron chi connectivity index (χ0n) is 9.23. The molecule has 2 heterocycles. The number of aryl methyl sites for hydroxylation is 2. The summed E-state index contributed by atoms with van der Waals surface area (Å²) >= 11 is 0. The summed E-state index contributed by atoms with van der Waals surface area (Å²) in [5.41, 5.74) is 8.34. The van der Waals surface area contributed by atoms with E-state index in [1.807, 2.05) is 26.0 Å². The monoisotopic (exact) mass is 215 g/mol. The molecule has 0 fully saturated rings. The van der Waals surface area contributed by atoms with Crippen LogP contribution in [0.4, 0.5) is 17.5 Å². The van der Waals surface area contributed by atoms with Gasteiger partial charge >= 0.3 is 0 Å². The van der Waals surface area contributed by atoms with Crippen LogP contribution in [0.1, 0.15) is 11.4 Å². The first kappa shape index (κ1) is 10.4. The summed E-state index contributed by atoms with van der Waals surface area (Å²) < 4.78 is 0. The molecule has 2 rings (SSSR count). The predicted molar refractivity (Wildman–Crippen MR) is 63.4 cm³/mol. The van der Waals surface area contributed by atoms with Gasteiger partial charge in [0.2, 0.25) is 5.95 Å². The Hall–Kier alpha value is -2.17. The van der Waals surface area contributed by atoms with Crippen LogP contribution in [0, 0.1) is 13.8 Å². The molecule has 0 saturated heterocycles. The van der Waals surface area contributed by atoms with Crippen LogP contribution < -0.4 is 11.1 Å². The van der Waals surface area contributed by atoms with Crippen molar-refractivity contribution in [3.8, 4) is 0 Å². The maximum atomic E-state index is 5.50. The molecule has 5 heteroatoms. The van der Waals surface area contributed by atoms with Crippen LogP contribution in [0.25, 0.3) is 0 Å². The highest BCUT2D eigenvalue weighted by atomic mass is 15.1. The van der Waals surface area contributed by atoms with Gasteiger partial charge in [0.25, 0.3) is 0 Å². The number of nitrogens with one attached hydrogen (secondary N) is 1. The average molecular weight is 215 g/mol. The largest absolute Gasteiger partial charge is 0.368 e. The van der Waals surface area contributed by atoms with Crippen LogP contribution in [-0.4, -0.2) is 15.0 Å². The number of pyridine rings is 1. The minimum atomic E-state index is 0.253. The Morgan fingerprint density at radius 3 is 2.62 bits per heavy atom. The third-order valence-corrected chi connectivity index (χ3v) is 2.16. The highest BCUT2D eigenvalue weighted by Crippen LogP contribution is 2.17. The van der Waals surface area contributed by atoms with Crippen molar-refractivity contribution in [2.24, 2.45) is 0 Å². The molecule has 16 heavy (non-hydrogen) atoms. The van der Waals surface area contributed by atoms with Crippen LogP contribution in [0.15, 0.2) is 24.4 Å². The molecule has 0 atom stereocenters. The van der Waals surface area contributed by atoms with Crippen molar-refractivity contribution in [1.82, 2.24) is 15.0 Å². The number of aromatic nitrogens is 3. The number of anilines is 3. The van der Waals surface area contributed by atoms with Gasteiger partial charge in [0.1, 0.15) is 5.82 Å². The molecule has 0 saturated carbocycles. The van der Waals surface area contributed by atoms with Crippen molar-refractivity contribution < 1.29 is 0 Å². The minimum absolute atomic E-state index is 0.253. The predicted octanol–water partition coefficient (Wildman–Crippen LogP) is 1.81. The number of hydrogen-bond acceptors (Lipinski definition) is 5. The molecule has 0 amide bonds. The topological polar surface area (TPSA) is 76.7 Å². The number of nitrogen functional groups attached to an aromatic ring is 1. The van der Waals surface area contributed by atoms with Crippen molar-refractivity contribution >= 4 is 17.5 Å². The van der Waals surface area contributed by atoms with Gasteiger partial charge in [0.15, 0.2) is 0 Å². The van der Waals surface area contributed by atoms with Crippen molar-refractivity contribution in [3.05, 3.63) is 35.8 Å². The Morgan fingerprint density at radius 2 is 1.94 bits per heavy atom. The van der Waals surface area contributed by atoms with Gasteiger partial charge in [-0.1, -0.05) is 0 Å². The highest BCUT2D eigenvalue weighted by Gasteiger charge is 2.01. The maximum absolute atomic E-state index is 5.50. The fraction of sp³-hybridized carbons (Fsp3) is 0.182. The van der Waals surface area contributed by atoms with Crippen molar-refractivity contribution in [2.75, 3.05) is 11.1 Å². The van der Waals surface area contributed by atoms with Gasteiger partial charge in [-0.15, -0.1) is 0 Å². The Bertz CT molecular complexity index is 509. The molecule has 0 aliphatic carbocycles. The first-order valence-corrected chi connectivity index (χ1v) is 4.95. The molecule has 2 aromatic heterocycles. The molecule has 0 spiro atoms. The summed E-state index contributed by atoms with van der Waals surface area (Å²) in [6.07, 6.45) is 1.61. The third kappa shape index (κ3) is 2.25. The molecule has 0 aliphatic rings. The van der Waals surface area contributed by atoms with Crippen molar-refractivity contribution in [3.63, 3.8) is 0 Å². The number of nitrogens with two attached hydrogens (primary N) is 1. The Morgan fingerprint density at radius 1 is 1.12 bits per heavy atom. The van der Waals surface area contributed by atoms with Crippen LogP contribution in [0.5, 0.6) is 0 Å². The van der Waals surface area contributed by atoms with Gasteiger partial charge in [-0.2, -0.15) is 4.98 Å². The summed E-state index contributed by atoms with van der Waals surface area (Å²) in [5.74, 6) is 0.920. The Kier molecular flexibility index (Phi) is 2.68. The van der Waals surface area contributed by atoms with Crippen molar-refractivity contribution in [2.45, 2.75) is 13.8 Å². The Balaban J connectivity index is 2.27. The minimum Gasteiger partial charge on any atom is -0.368 e. The fourth-order valence-electron chi connectivity index (χ4n) is 1.40. The van der Waals surface area contributed by atoms with E-state index in [1.165, 1.54) is 0 Å². The quantitative estimate of drug-likeness (QED) is 0.799. The molecule has 5 nitrogen and oxygen atoms in total. The van der Waals surface area contributed by atoms with Gasteiger partial charge in [0.05, 0.1) is 11.4 Å². The molecule has 3 N–H and O–H groups in total. The van der Waals surface area contributed by atoms with Crippen LogP contribution in [0.3, 0.4) is 0 Å². The highest BCUT2D eigenvalue weighted by molar-refractivity contribution is 5.58. The van der Waals surface area contributed by atoms with E-state index in [0.717, 1.165) is 17.1 Å². The van der Waals surface area contributed by atoms with E-state index >= 15 is 0 Å². The lowest BCUT2D eigenvalue weighted by molar-refractivity contribution is 1.11. The smallest absolute Gasteiger partial charge is 0.221 e. The molecule has 2 aromatic rings. The second kappa shape index (κ2) is 4.14. The summed E-state index contributed by atoms with van der Waals surface area (Å²) in [7, 11) is 0. The second-order valence-corrected chi connectivity index (χ2v) is 3.51. The lowest BCUT2D eigenvalue weighted by atomic mass is 10.3. The van der Waals surface area contributed by atoms with Crippen molar-refractivity contribution in [1.29, 1.82) is 0 Å². The zero-order chi connectivity index (χ0) is 11.5.